The van der Waals surface area contributed by atoms with Gasteiger partial charge in [0, 0.05) is 30.9 Å². The summed E-state index contributed by atoms with van der Waals surface area (Å²) in [7, 11) is 0. The smallest absolute Gasteiger partial charge is 0.0712 e. The molecule has 0 saturated carbocycles. The first-order valence-corrected chi connectivity index (χ1v) is 7.19. The molecule has 1 aromatic heterocycles. The Morgan fingerprint density at radius 1 is 1.32 bits per heavy atom. The van der Waals surface area contributed by atoms with E-state index in [0.717, 1.165) is 25.2 Å². The van der Waals surface area contributed by atoms with Crippen LogP contribution in [0.1, 0.15) is 51.1 Å². The van der Waals surface area contributed by atoms with Crippen molar-refractivity contribution in [3.8, 4) is 0 Å². The maximum absolute atomic E-state index is 10.0. The van der Waals surface area contributed by atoms with Crippen molar-refractivity contribution in [3.05, 3.63) is 17.0 Å². The highest BCUT2D eigenvalue weighted by Gasteiger charge is 2.21. The van der Waals surface area contributed by atoms with Crippen molar-refractivity contribution in [2.75, 3.05) is 6.54 Å². The van der Waals surface area contributed by atoms with Gasteiger partial charge in [-0.3, -0.25) is 4.68 Å². The lowest BCUT2D eigenvalue weighted by Crippen LogP contribution is -2.36. The third-order valence-electron chi connectivity index (χ3n) is 3.61. The van der Waals surface area contributed by atoms with Crippen LogP contribution in [0.15, 0.2) is 0 Å². The van der Waals surface area contributed by atoms with Gasteiger partial charge in [-0.1, -0.05) is 27.7 Å². The molecule has 1 aromatic rings. The molecule has 0 aliphatic heterocycles. The van der Waals surface area contributed by atoms with Crippen molar-refractivity contribution in [2.45, 2.75) is 67.2 Å². The number of rotatable bonds is 6. The fraction of sp³-hybridized carbons (Fsp3) is 0.800. The average Bonchev–Trinajstić information content (AvgIpc) is 2.55. The van der Waals surface area contributed by atoms with Gasteiger partial charge in [0.1, 0.15) is 0 Å². The molecule has 0 radical (unpaired) electrons. The Kier molecular flexibility index (Phi) is 5.56. The monoisotopic (exact) mass is 267 g/mol. The topological polar surface area (TPSA) is 50.1 Å². The summed E-state index contributed by atoms with van der Waals surface area (Å²) >= 11 is 0. The van der Waals surface area contributed by atoms with Gasteiger partial charge in [0.15, 0.2) is 0 Å². The molecule has 2 N–H and O–H groups in total. The summed E-state index contributed by atoms with van der Waals surface area (Å²) in [5.74, 6) is 0. The second-order valence-corrected chi connectivity index (χ2v) is 6.39. The van der Waals surface area contributed by atoms with E-state index in [9.17, 15) is 5.11 Å². The van der Waals surface area contributed by atoms with Crippen LogP contribution in [0.5, 0.6) is 0 Å². The molecule has 0 saturated heterocycles. The highest BCUT2D eigenvalue weighted by Crippen LogP contribution is 2.18. The van der Waals surface area contributed by atoms with E-state index in [1.807, 2.05) is 0 Å². The Hall–Kier alpha value is -0.870. The van der Waals surface area contributed by atoms with Crippen LogP contribution in [0.4, 0.5) is 0 Å². The molecule has 1 atom stereocenters. The summed E-state index contributed by atoms with van der Waals surface area (Å²) < 4.78 is 2.08. The van der Waals surface area contributed by atoms with Crippen molar-refractivity contribution in [3.63, 3.8) is 0 Å². The maximum Gasteiger partial charge on any atom is 0.0712 e. The minimum absolute atomic E-state index is 0.0799. The predicted octanol–water partition coefficient (Wildman–Crippen LogP) is 2.41. The van der Waals surface area contributed by atoms with E-state index in [1.54, 1.807) is 0 Å². The summed E-state index contributed by atoms with van der Waals surface area (Å²) in [6.07, 6.45) is 0.760. The lowest BCUT2D eigenvalue weighted by Gasteiger charge is -2.26. The Balaban J connectivity index is 2.59. The van der Waals surface area contributed by atoms with E-state index in [0.29, 0.717) is 6.54 Å². The van der Waals surface area contributed by atoms with Gasteiger partial charge in [0.25, 0.3) is 0 Å². The summed E-state index contributed by atoms with van der Waals surface area (Å²) in [5, 5.41) is 17.9. The number of hydrogen-bond donors (Lipinski definition) is 2. The van der Waals surface area contributed by atoms with E-state index >= 15 is 0 Å². The third kappa shape index (κ3) is 4.32. The fourth-order valence-electron chi connectivity index (χ4n) is 2.06. The SMILES string of the molecule is CCCn1nc(C)c(CNCC(O)C(C)(C)C)c1C. The fourth-order valence-corrected chi connectivity index (χ4v) is 2.06. The second-order valence-electron chi connectivity index (χ2n) is 6.39. The standard InChI is InChI=1S/C15H29N3O/c1-7-8-18-12(3)13(11(2)17-18)9-16-10-14(19)15(4,5)6/h14,16,19H,7-10H2,1-6H3. The van der Waals surface area contributed by atoms with Crippen LogP contribution in [0.3, 0.4) is 0 Å². The summed E-state index contributed by atoms with van der Waals surface area (Å²) in [4.78, 5) is 0. The van der Waals surface area contributed by atoms with Crippen molar-refractivity contribution in [1.29, 1.82) is 0 Å². The zero-order valence-corrected chi connectivity index (χ0v) is 13.2. The lowest BCUT2D eigenvalue weighted by atomic mass is 9.89. The van der Waals surface area contributed by atoms with Crippen molar-refractivity contribution < 1.29 is 5.11 Å². The first kappa shape index (κ1) is 16.2. The molecule has 0 spiro atoms. The zero-order chi connectivity index (χ0) is 14.6. The molecule has 4 nitrogen and oxygen atoms in total. The molecule has 1 rings (SSSR count). The number of aryl methyl sites for hydroxylation is 2. The predicted molar refractivity (Wildman–Crippen MR) is 79.2 cm³/mol. The quantitative estimate of drug-likeness (QED) is 0.832. The van der Waals surface area contributed by atoms with E-state index in [-0.39, 0.29) is 11.5 Å². The largest absolute Gasteiger partial charge is 0.391 e. The molecule has 110 valence electrons. The Morgan fingerprint density at radius 3 is 2.47 bits per heavy atom. The molecule has 0 aliphatic carbocycles. The minimum atomic E-state index is -0.334. The molecule has 0 aromatic carbocycles. The van der Waals surface area contributed by atoms with Crippen molar-refractivity contribution >= 4 is 0 Å². The van der Waals surface area contributed by atoms with Gasteiger partial charge in [-0.05, 0) is 25.7 Å². The summed E-state index contributed by atoms with van der Waals surface area (Å²) in [6.45, 7) is 14.8. The average molecular weight is 267 g/mol. The highest BCUT2D eigenvalue weighted by atomic mass is 16.3. The van der Waals surface area contributed by atoms with E-state index < -0.39 is 0 Å². The molecule has 0 aliphatic rings. The van der Waals surface area contributed by atoms with Gasteiger partial charge in [-0.15, -0.1) is 0 Å². The van der Waals surface area contributed by atoms with Crippen LogP contribution in [-0.2, 0) is 13.1 Å². The Labute approximate surface area is 117 Å². The lowest BCUT2D eigenvalue weighted by molar-refractivity contribution is 0.0627. The number of aliphatic hydroxyl groups excluding tert-OH is 1. The highest BCUT2D eigenvalue weighted by molar-refractivity contribution is 5.24. The van der Waals surface area contributed by atoms with Crippen LogP contribution >= 0.6 is 0 Å². The molecule has 1 heterocycles. The number of nitrogens with one attached hydrogen (secondary N) is 1. The zero-order valence-electron chi connectivity index (χ0n) is 13.2. The normalized spacial score (nSPS) is 13.8. The molecule has 4 heteroatoms. The van der Waals surface area contributed by atoms with Crippen LogP contribution in [0.25, 0.3) is 0 Å². The van der Waals surface area contributed by atoms with Gasteiger partial charge >= 0.3 is 0 Å². The van der Waals surface area contributed by atoms with Gasteiger partial charge in [-0.2, -0.15) is 5.10 Å². The molecular weight excluding hydrogens is 238 g/mol. The first-order chi connectivity index (χ1) is 8.77. The Morgan fingerprint density at radius 2 is 1.95 bits per heavy atom. The van der Waals surface area contributed by atoms with E-state index in [1.165, 1.54) is 11.3 Å². The van der Waals surface area contributed by atoms with Crippen molar-refractivity contribution in [2.24, 2.45) is 5.41 Å². The van der Waals surface area contributed by atoms with Crippen molar-refractivity contribution in [1.82, 2.24) is 15.1 Å². The first-order valence-electron chi connectivity index (χ1n) is 7.19. The number of aromatic nitrogens is 2. The molecule has 0 fully saturated rings. The number of hydrogen-bond acceptors (Lipinski definition) is 3. The molecule has 19 heavy (non-hydrogen) atoms. The molecular formula is C15H29N3O. The van der Waals surface area contributed by atoms with Gasteiger partial charge in [0.2, 0.25) is 0 Å². The summed E-state index contributed by atoms with van der Waals surface area (Å²) in [5.41, 5.74) is 3.50. The Bertz CT molecular complexity index is 404. The maximum atomic E-state index is 10.0. The van der Waals surface area contributed by atoms with Crippen LogP contribution in [-0.4, -0.2) is 27.5 Å². The summed E-state index contributed by atoms with van der Waals surface area (Å²) in [6, 6.07) is 0. The van der Waals surface area contributed by atoms with Gasteiger partial charge in [-0.25, -0.2) is 0 Å². The second kappa shape index (κ2) is 6.53. The minimum Gasteiger partial charge on any atom is -0.391 e. The molecule has 0 amide bonds. The van der Waals surface area contributed by atoms with Crippen LogP contribution in [0.2, 0.25) is 0 Å². The van der Waals surface area contributed by atoms with E-state index in [2.05, 4.69) is 56.6 Å². The number of nitrogens with zero attached hydrogens (tertiary/aromatic N) is 2. The van der Waals surface area contributed by atoms with Crippen LogP contribution in [0, 0.1) is 19.3 Å². The van der Waals surface area contributed by atoms with E-state index in [4.69, 9.17) is 0 Å². The van der Waals surface area contributed by atoms with Gasteiger partial charge < -0.3 is 10.4 Å². The third-order valence-corrected chi connectivity index (χ3v) is 3.61. The van der Waals surface area contributed by atoms with Gasteiger partial charge in [0.05, 0.1) is 11.8 Å². The van der Waals surface area contributed by atoms with Crippen LogP contribution < -0.4 is 5.32 Å². The molecule has 0 bridgehead atoms. The number of aliphatic hydroxyl groups is 1. The molecule has 1 unspecified atom stereocenters.